The second-order valence-corrected chi connectivity index (χ2v) is 4.34. The van der Waals surface area contributed by atoms with Gasteiger partial charge in [-0.25, -0.2) is 4.98 Å². The van der Waals surface area contributed by atoms with Crippen LogP contribution < -0.4 is 17.3 Å². The van der Waals surface area contributed by atoms with Gasteiger partial charge in [-0.15, -0.1) is 11.8 Å². The van der Waals surface area contributed by atoms with Gasteiger partial charge < -0.3 is 17.3 Å². The van der Waals surface area contributed by atoms with Gasteiger partial charge in [-0.2, -0.15) is 0 Å². The largest absolute Gasteiger partial charge is 1.00 e. The molecule has 0 aliphatic heterocycles. The van der Waals surface area contributed by atoms with E-state index in [0.29, 0.717) is 0 Å². The van der Waals surface area contributed by atoms with Crippen LogP contribution in [0.4, 0.5) is 0 Å². The van der Waals surface area contributed by atoms with Crippen LogP contribution in [0, 0.1) is 0 Å². The Hall–Kier alpha value is -0.250. The Morgan fingerprint density at radius 2 is 2.00 bits per heavy atom. The number of pyridine rings is 1. The van der Waals surface area contributed by atoms with Gasteiger partial charge in [-0.1, -0.05) is 6.07 Å². The molecule has 0 amide bonds. The van der Waals surface area contributed by atoms with Crippen LogP contribution in [0.1, 0.15) is 13.8 Å². The summed E-state index contributed by atoms with van der Waals surface area (Å²) in [4.78, 5) is 5.94. The lowest BCUT2D eigenvalue weighted by molar-refractivity contribution is -0.893. The van der Waals surface area contributed by atoms with Crippen LogP contribution in [0.5, 0.6) is 0 Å². The molecular weight excluding hydrogens is 228 g/mol. The van der Waals surface area contributed by atoms with Gasteiger partial charge in [0, 0.05) is 11.9 Å². The Morgan fingerprint density at radius 3 is 2.53 bits per heavy atom. The molecular formula is C11H19ClN2S. The molecule has 0 saturated carbocycles. The summed E-state index contributed by atoms with van der Waals surface area (Å²) in [6, 6.07) is 6.07. The molecule has 4 heteroatoms. The molecule has 1 rings (SSSR count). The summed E-state index contributed by atoms with van der Waals surface area (Å²) in [5.41, 5.74) is 0. The van der Waals surface area contributed by atoms with E-state index in [2.05, 4.69) is 24.9 Å². The predicted molar refractivity (Wildman–Crippen MR) is 61.9 cm³/mol. The van der Waals surface area contributed by atoms with Crippen molar-refractivity contribution in [1.82, 2.24) is 4.98 Å². The Labute approximate surface area is 103 Å². The maximum atomic E-state index is 4.28. The highest BCUT2D eigenvalue weighted by molar-refractivity contribution is 7.99. The first-order chi connectivity index (χ1) is 6.86. The fraction of sp³-hybridized carbons (Fsp3) is 0.545. The van der Waals surface area contributed by atoms with Crippen molar-refractivity contribution < 1.29 is 17.3 Å². The topological polar surface area (TPSA) is 17.3 Å². The van der Waals surface area contributed by atoms with Crippen LogP contribution in [0.25, 0.3) is 0 Å². The Kier molecular flexibility index (Phi) is 8.86. The maximum Gasteiger partial charge on any atom is 0.0961 e. The van der Waals surface area contributed by atoms with Gasteiger partial charge in [0.05, 0.1) is 24.7 Å². The fourth-order valence-electron chi connectivity index (χ4n) is 1.34. The van der Waals surface area contributed by atoms with E-state index in [0.717, 1.165) is 10.8 Å². The smallest absolute Gasteiger partial charge is 0.0961 e. The number of nitrogens with zero attached hydrogens (tertiary/aromatic N) is 1. The molecule has 2 nitrogen and oxygen atoms in total. The molecule has 86 valence electrons. The molecule has 0 radical (unpaired) electrons. The SMILES string of the molecule is CC[NH+](CC)CCSc1ccccn1.[Cl-]. The molecule has 0 aromatic carbocycles. The summed E-state index contributed by atoms with van der Waals surface area (Å²) >= 11 is 1.85. The predicted octanol–water partition coefficient (Wildman–Crippen LogP) is -1.90. The lowest BCUT2D eigenvalue weighted by Crippen LogP contribution is -3.11. The zero-order chi connectivity index (χ0) is 10.2. The van der Waals surface area contributed by atoms with Crippen LogP contribution in [0.3, 0.4) is 0 Å². The van der Waals surface area contributed by atoms with Gasteiger partial charge in [-0.3, -0.25) is 0 Å². The second kappa shape index (κ2) is 9.01. The van der Waals surface area contributed by atoms with Crippen LogP contribution in [0.2, 0.25) is 0 Å². The molecule has 1 aromatic heterocycles. The van der Waals surface area contributed by atoms with Crippen molar-refractivity contribution in [3.05, 3.63) is 24.4 Å². The third-order valence-corrected chi connectivity index (χ3v) is 3.29. The van der Waals surface area contributed by atoms with Gasteiger partial charge in [0.15, 0.2) is 0 Å². The van der Waals surface area contributed by atoms with Crippen LogP contribution in [0.15, 0.2) is 29.4 Å². The first kappa shape index (κ1) is 14.8. The fourth-order valence-corrected chi connectivity index (χ4v) is 2.25. The molecule has 0 fully saturated rings. The van der Waals surface area contributed by atoms with E-state index in [1.54, 1.807) is 4.90 Å². The molecule has 0 unspecified atom stereocenters. The highest BCUT2D eigenvalue weighted by Gasteiger charge is 2.02. The average Bonchev–Trinajstić information content (AvgIpc) is 2.26. The minimum absolute atomic E-state index is 0. The van der Waals surface area contributed by atoms with Crippen LogP contribution >= 0.6 is 11.8 Å². The summed E-state index contributed by atoms with van der Waals surface area (Å²) in [6.07, 6.45) is 1.85. The first-order valence-electron chi connectivity index (χ1n) is 5.24. The van der Waals surface area contributed by atoms with Crippen molar-refractivity contribution in [2.45, 2.75) is 18.9 Å². The zero-order valence-corrected chi connectivity index (χ0v) is 10.9. The van der Waals surface area contributed by atoms with Crippen LogP contribution in [-0.4, -0.2) is 30.4 Å². The maximum absolute atomic E-state index is 4.28. The zero-order valence-electron chi connectivity index (χ0n) is 9.37. The van der Waals surface area contributed by atoms with E-state index < -0.39 is 0 Å². The van der Waals surface area contributed by atoms with Crippen molar-refractivity contribution in [1.29, 1.82) is 0 Å². The van der Waals surface area contributed by atoms with E-state index in [4.69, 9.17) is 0 Å². The molecule has 0 bridgehead atoms. The summed E-state index contributed by atoms with van der Waals surface area (Å²) in [6.45, 7) is 8.15. The third kappa shape index (κ3) is 6.03. The van der Waals surface area contributed by atoms with Gasteiger partial charge in [0.25, 0.3) is 0 Å². The van der Waals surface area contributed by atoms with E-state index in [9.17, 15) is 0 Å². The quantitative estimate of drug-likeness (QED) is 0.591. The molecule has 0 atom stereocenters. The highest BCUT2D eigenvalue weighted by atomic mass is 35.5. The number of aromatic nitrogens is 1. The Bertz CT molecular complexity index is 240. The number of quaternary nitrogens is 1. The van der Waals surface area contributed by atoms with Crippen molar-refractivity contribution in [2.24, 2.45) is 0 Å². The third-order valence-electron chi connectivity index (χ3n) is 2.34. The molecule has 0 spiro atoms. The van der Waals surface area contributed by atoms with Crippen molar-refractivity contribution >= 4 is 11.8 Å². The average molecular weight is 247 g/mol. The van der Waals surface area contributed by atoms with Gasteiger partial charge in [0.2, 0.25) is 0 Å². The highest BCUT2D eigenvalue weighted by Crippen LogP contribution is 2.11. The molecule has 1 N–H and O–H groups in total. The number of halogens is 1. The summed E-state index contributed by atoms with van der Waals surface area (Å²) in [7, 11) is 0. The van der Waals surface area contributed by atoms with E-state index in [1.165, 1.54) is 19.6 Å². The van der Waals surface area contributed by atoms with E-state index >= 15 is 0 Å². The summed E-state index contributed by atoms with van der Waals surface area (Å²) < 4.78 is 0. The number of hydrogen-bond acceptors (Lipinski definition) is 2. The molecule has 0 saturated heterocycles. The lowest BCUT2D eigenvalue weighted by Gasteiger charge is -2.14. The van der Waals surface area contributed by atoms with E-state index in [1.807, 2.05) is 30.1 Å². The van der Waals surface area contributed by atoms with Crippen molar-refractivity contribution in [3.8, 4) is 0 Å². The molecule has 0 aliphatic carbocycles. The number of thioether (sulfide) groups is 1. The summed E-state index contributed by atoms with van der Waals surface area (Å²) in [5, 5.41) is 1.14. The Balaban J connectivity index is 0.00000196. The number of nitrogens with one attached hydrogen (secondary N) is 1. The monoisotopic (exact) mass is 246 g/mol. The molecule has 1 heterocycles. The molecule has 1 aromatic rings. The minimum atomic E-state index is 0. The molecule has 0 aliphatic rings. The second-order valence-electron chi connectivity index (χ2n) is 3.22. The lowest BCUT2D eigenvalue weighted by atomic mass is 10.5. The minimum Gasteiger partial charge on any atom is -1.00 e. The summed E-state index contributed by atoms with van der Waals surface area (Å²) in [5.74, 6) is 1.16. The van der Waals surface area contributed by atoms with Gasteiger partial charge >= 0.3 is 0 Å². The van der Waals surface area contributed by atoms with Crippen molar-refractivity contribution in [2.75, 3.05) is 25.4 Å². The Morgan fingerprint density at radius 1 is 1.27 bits per heavy atom. The van der Waals surface area contributed by atoms with E-state index in [-0.39, 0.29) is 12.4 Å². The number of hydrogen-bond donors (Lipinski definition) is 1. The number of rotatable bonds is 6. The molecule has 15 heavy (non-hydrogen) atoms. The first-order valence-corrected chi connectivity index (χ1v) is 6.22. The normalized spacial score (nSPS) is 10.1. The van der Waals surface area contributed by atoms with Crippen LogP contribution in [-0.2, 0) is 0 Å². The van der Waals surface area contributed by atoms with Gasteiger partial charge in [-0.05, 0) is 26.0 Å². The van der Waals surface area contributed by atoms with Crippen molar-refractivity contribution in [3.63, 3.8) is 0 Å². The van der Waals surface area contributed by atoms with Gasteiger partial charge in [0.1, 0.15) is 0 Å². The standard InChI is InChI=1S/C11H18N2S.ClH/c1-3-13(4-2)9-10-14-11-7-5-6-8-12-11;/h5-8H,3-4,9-10H2,1-2H3;1H.